The fraction of sp³-hybridized carbons (Fsp3) is 0.900. The van der Waals surface area contributed by atoms with Crippen molar-refractivity contribution in [1.82, 2.24) is 5.32 Å². The van der Waals surface area contributed by atoms with Crippen molar-refractivity contribution >= 4 is 40.7 Å². The van der Waals surface area contributed by atoms with Crippen LogP contribution in [-0.4, -0.2) is 22.4 Å². The lowest BCUT2D eigenvalue weighted by Gasteiger charge is -2.24. The smallest absolute Gasteiger partial charge is 0.272 e. The molecule has 0 aromatic carbocycles. The van der Waals surface area contributed by atoms with Crippen LogP contribution in [0.5, 0.6) is 0 Å². The molecule has 1 aliphatic carbocycles. The lowest BCUT2D eigenvalue weighted by molar-refractivity contribution is -0.120. The summed E-state index contributed by atoms with van der Waals surface area (Å²) in [6, 6.07) is 0. The zero-order chi connectivity index (χ0) is 12.2. The summed E-state index contributed by atoms with van der Waals surface area (Å²) in [7, 11) is 0. The summed E-state index contributed by atoms with van der Waals surface area (Å²) in [5.74, 6) is -0.126. The van der Waals surface area contributed by atoms with E-state index >= 15 is 0 Å². The standard InChI is InChI=1S/C10H15Cl3FNO/c11-10(12,13)9(16)15-6-5-7-1-3-8(14)4-2-7/h7-8H,1-6H2,(H,15,16). The van der Waals surface area contributed by atoms with Crippen LogP contribution in [0.2, 0.25) is 0 Å². The van der Waals surface area contributed by atoms with E-state index in [1.54, 1.807) is 0 Å². The first-order valence-corrected chi connectivity index (χ1v) is 6.52. The van der Waals surface area contributed by atoms with Gasteiger partial charge in [0.1, 0.15) is 6.17 Å². The molecular formula is C10H15Cl3FNO. The number of nitrogens with one attached hydrogen (secondary N) is 1. The highest BCUT2D eigenvalue weighted by atomic mass is 35.6. The van der Waals surface area contributed by atoms with E-state index in [1.807, 2.05) is 0 Å². The van der Waals surface area contributed by atoms with Crippen molar-refractivity contribution in [2.45, 2.75) is 42.1 Å². The van der Waals surface area contributed by atoms with Crippen LogP contribution in [0.15, 0.2) is 0 Å². The molecule has 1 saturated carbocycles. The second-order valence-corrected chi connectivity index (χ2v) is 6.44. The average Bonchev–Trinajstić information content (AvgIpc) is 2.19. The molecule has 0 aromatic rings. The predicted octanol–water partition coefficient (Wildman–Crippen LogP) is 3.39. The van der Waals surface area contributed by atoms with E-state index in [-0.39, 0.29) is 0 Å². The molecule has 0 heterocycles. The minimum absolute atomic E-state index is 0.475. The van der Waals surface area contributed by atoms with E-state index < -0.39 is 15.9 Å². The van der Waals surface area contributed by atoms with Gasteiger partial charge in [0.15, 0.2) is 0 Å². The molecule has 1 aliphatic rings. The molecule has 0 saturated heterocycles. The summed E-state index contributed by atoms with van der Waals surface area (Å²) in [4.78, 5) is 11.2. The SMILES string of the molecule is O=C(NCCC1CCC(F)CC1)C(Cl)(Cl)Cl. The third-order valence-corrected chi connectivity index (χ3v) is 3.39. The highest BCUT2D eigenvalue weighted by Gasteiger charge is 2.30. The van der Waals surface area contributed by atoms with Crippen molar-refractivity contribution in [2.24, 2.45) is 5.92 Å². The molecule has 1 fully saturated rings. The molecule has 0 bridgehead atoms. The Bertz CT molecular complexity index is 237. The van der Waals surface area contributed by atoms with Crippen molar-refractivity contribution in [3.63, 3.8) is 0 Å². The fourth-order valence-electron chi connectivity index (χ4n) is 1.90. The van der Waals surface area contributed by atoms with Crippen molar-refractivity contribution < 1.29 is 9.18 Å². The van der Waals surface area contributed by atoms with Gasteiger partial charge in [0, 0.05) is 6.54 Å². The minimum atomic E-state index is -1.89. The van der Waals surface area contributed by atoms with Crippen molar-refractivity contribution in [3.8, 4) is 0 Å². The molecule has 0 radical (unpaired) electrons. The highest BCUT2D eigenvalue weighted by molar-refractivity contribution is 6.76. The van der Waals surface area contributed by atoms with Gasteiger partial charge in [0.05, 0.1) is 0 Å². The number of halogens is 4. The quantitative estimate of drug-likeness (QED) is 0.793. The summed E-state index contributed by atoms with van der Waals surface area (Å²) in [6.07, 6.45) is 3.19. The fourth-order valence-corrected chi connectivity index (χ4v) is 2.10. The molecule has 16 heavy (non-hydrogen) atoms. The summed E-state index contributed by atoms with van der Waals surface area (Å²) in [5.41, 5.74) is 0. The number of carbonyl (C=O) groups is 1. The number of alkyl halides is 4. The van der Waals surface area contributed by atoms with E-state index in [9.17, 15) is 9.18 Å². The lowest BCUT2D eigenvalue weighted by Crippen LogP contribution is -2.36. The molecule has 1 N–H and O–H groups in total. The Kier molecular flexibility index (Phi) is 5.62. The normalized spacial score (nSPS) is 26.5. The Balaban J connectivity index is 2.14. The molecule has 0 spiro atoms. The highest BCUT2D eigenvalue weighted by Crippen LogP contribution is 2.29. The van der Waals surface area contributed by atoms with Crippen molar-refractivity contribution in [2.75, 3.05) is 6.54 Å². The van der Waals surface area contributed by atoms with Crippen LogP contribution in [-0.2, 0) is 4.79 Å². The number of amides is 1. The maximum atomic E-state index is 12.8. The molecule has 0 aliphatic heterocycles. The van der Waals surface area contributed by atoms with Crippen molar-refractivity contribution in [3.05, 3.63) is 0 Å². The lowest BCUT2D eigenvalue weighted by atomic mass is 9.86. The third kappa shape index (κ3) is 5.07. The van der Waals surface area contributed by atoms with E-state index in [0.29, 0.717) is 25.3 Å². The first kappa shape index (κ1) is 14.3. The molecule has 2 nitrogen and oxygen atoms in total. The van der Waals surface area contributed by atoms with Crippen LogP contribution in [0, 0.1) is 5.92 Å². The predicted molar refractivity (Wildman–Crippen MR) is 64.8 cm³/mol. The molecule has 0 unspecified atom stereocenters. The monoisotopic (exact) mass is 289 g/mol. The number of hydrogen-bond donors (Lipinski definition) is 1. The second kappa shape index (κ2) is 6.27. The summed E-state index contributed by atoms with van der Waals surface area (Å²) in [6.45, 7) is 0.481. The maximum absolute atomic E-state index is 12.8. The summed E-state index contributed by atoms with van der Waals surface area (Å²) >= 11 is 16.2. The van der Waals surface area contributed by atoms with E-state index in [0.717, 1.165) is 19.3 Å². The van der Waals surface area contributed by atoms with Crippen LogP contribution in [0.3, 0.4) is 0 Å². The van der Waals surface area contributed by atoms with Gasteiger partial charge < -0.3 is 5.32 Å². The first-order valence-electron chi connectivity index (χ1n) is 5.38. The van der Waals surface area contributed by atoms with Gasteiger partial charge in [-0.2, -0.15) is 0 Å². The topological polar surface area (TPSA) is 29.1 Å². The van der Waals surface area contributed by atoms with Crippen molar-refractivity contribution in [1.29, 1.82) is 0 Å². The van der Waals surface area contributed by atoms with Crippen LogP contribution in [0.25, 0.3) is 0 Å². The Morgan fingerprint density at radius 1 is 1.25 bits per heavy atom. The summed E-state index contributed by atoms with van der Waals surface area (Å²) in [5, 5.41) is 2.55. The van der Waals surface area contributed by atoms with Gasteiger partial charge in [-0.25, -0.2) is 4.39 Å². The van der Waals surface area contributed by atoms with Crippen LogP contribution >= 0.6 is 34.8 Å². The number of rotatable bonds is 3. The van der Waals surface area contributed by atoms with Gasteiger partial charge in [-0.15, -0.1) is 0 Å². The molecular weight excluding hydrogens is 275 g/mol. The average molecular weight is 291 g/mol. The zero-order valence-electron chi connectivity index (χ0n) is 8.82. The number of hydrogen-bond acceptors (Lipinski definition) is 1. The summed E-state index contributed by atoms with van der Waals surface area (Å²) < 4.78 is 10.9. The van der Waals surface area contributed by atoms with Gasteiger partial charge in [0.2, 0.25) is 0 Å². The molecule has 0 aromatic heterocycles. The van der Waals surface area contributed by atoms with Crippen LogP contribution in [0.1, 0.15) is 32.1 Å². The third-order valence-electron chi connectivity index (χ3n) is 2.87. The Labute approximate surface area is 110 Å². The maximum Gasteiger partial charge on any atom is 0.272 e. The van der Waals surface area contributed by atoms with Gasteiger partial charge in [-0.1, -0.05) is 34.8 Å². The molecule has 1 amide bonds. The first-order chi connectivity index (χ1) is 7.39. The Hall–Kier alpha value is 0.270. The number of carbonyl (C=O) groups excluding carboxylic acids is 1. The van der Waals surface area contributed by atoms with Gasteiger partial charge in [-0.05, 0) is 38.0 Å². The van der Waals surface area contributed by atoms with Gasteiger partial charge >= 0.3 is 0 Å². The Morgan fingerprint density at radius 2 is 1.81 bits per heavy atom. The Morgan fingerprint density at radius 3 is 2.31 bits per heavy atom. The minimum Gasteiger partial charge on any atom is -0.352 e. The molecule has 94 valence electrons. The van der Waals surface area contributed by atoms with E-state index in [4.69, 9.17) is 34.8 Å². The van der Waals surface area contributed by atoms with Gasteiger partial charge in [0.25, 0.3) is 9.70 Å². The van der Waals surface area contributed by atoms with Crippen LogP contribution < -0.4 is 5.32 Å². The zero-order valence-corrected chi connectivity index (χ0v) is 11.1. The molecule has 0 atom stereocenters. The van der Waals surface area contributed by atoms with E-state index in [2.05, 4.69) is 5.32 Å². The second-order valence-electron chi connectivity index (χ2n) is 4.16. The molecule has 6 heteroatoms. The van der Waals surface area contributed by atoms with E-state index in [1.165, 1.54) is 0 Å². The molecule has 1 rings (SSSR count). The van der Waals surface area contributed by atoms with Crippen LogP contribution in [0.4, 0.5) is 4.39 Å². The van der Waals surface area contributed by atoms with Gasteiger partial charge in [-0.3, -0.25) is 4.79 Å². The largest absolute Gasteiger partial charge is 0.352 e.